The van der Waals surface area contributed by atoms with Gasteiger partial charge in [0, 0.05) is 26.2 Å². The van der Waals surface area contributed by atoms with Crippen molar-refractivity contribution >= 4 is 41.0 Å². The van der Waals surface area contributed by atoms with Crippen LogP contribution in [-0.4, -0.2) is 6.21 Å². The molecule has 0 spiro atoms. The van der Waals surface area contributed by atoms with Gasteiger partial charge < -0.3 is 10.2 Å². The van der Waals surface area contributed by atoms with E-state index in [-0.39, 0.29) is 5.82 Å². The zero-order chi connectivity index (χ0) is 19.9. The largest absolute Gasteiger partial charge is 0.488 e. The topological polar surface area (TPSA) is 33.6 Å². The number of nitrogens with one attached hydrogen (secondary N) is 1. The molecule has 0 aromatic heterocycles. The summed E-state index contributed by atoms with van der Waals surface area (Å²) in [5, 5.41) is 5.91. The Kier molecular flexibility index (Phi) is 7.15. The molecule has 144 valence electrons. The molecule has 0 amide bonds. The zero-order valence-corrected chi connectivity index (χ0v) is 16.9. The van der Waals surface area contributed by atoms with Gasteiger partial charge in [-0.25, -0.2) is 4.39 Å². The smallest absolute Gasteiger partial charge is 0.128 e. The van der Waals surface area contributed by atoms with Gasteiger partial charge in [0.1, 0.15) is 18.2 Å². The molecule has 1 N–H and O–H groups in total. The van der Waals surface area contributed by atoms with Crippen LogP contribution in [0, 0.1) is 5.82 Å². The highest BCUT2D eigenvalue weighted by Crippen LogP contribution is 2.24. The lowest BCUT2D eigenvalue weighted by Gasteiger charge is -2.10. The van der Waals surface area contributed by atoms with Crippen molar-refractivity contribution in [2.75, 3.05) is 0 Å². The Labute approximate surface area is 177 Å². The number of rotatable bonds is 7. The standard InChI is InChI=1S/C21H16Cl3FN2O/c22-16-6-9-21(28-13-14-4-7-17(25)8-5-14)15(10-16)11-26-27-12-18-19(23)2-1-3-20(18)24/h1-11,27H,12-13H2/b26-11-. The van der Waals surface area contributed by atoms with Crippen LogP contribution in [0.2, 0.25) is 15.1 Å². The predicted molar refractivity (Wildman–Crippen MR) is 113 cm³/mol. The summed E-state index contributed by atoms with van der Waals surface area (Å²) in [6, 6.07) is 16.7. The Bertz CT molecular complexity index is 958. The van der Waals surface area contributed by atoms with Gasteiger partial charge in [0.15, 0.2) is 0 Å². The molecule has 0 aliphatic rings. The number of hydrogen-bond donors (Lipinski definition) is 1. The molecule has 0 aliphatic carbocycles. The van der Waals surface area contributed by atoms with Crippen molar-refractivity contribution in [1.82, 2.24) is 5.43 Å². The monoisotopic (exact) mass is 436 g/mol. The first-order chi connectivity index (χ1) is 13.5. The van der Waals surface area contributed by atoms with Crippen LogP contribution in [0.4, 0.5) is 4.39 Å². The third-order valence-electron chi connectivity index (χ3n) is 3.89. The molecule has 0 aliphatic heterocycles. The molecule has 0 atom stereocenters. The van der Waals surface area contributed by atoms with E-state index < -0.39 is 0 Å². The maximum Gasteiger partial charge on any atom is 0.128 e. The van der Waals surface area contributed by atoms with Crippen LogP contribution in [0.1, 0.15) is 16.7 Å². The van der Waals surface area contributed by atoms with Crippen molar-refractivity contribution in [3.63, 3.8) is 0 Å². The van der Waals surface area contributed by atoms with Crippen LogP contribution in [0.3, 0.4) is 0 Å². The minimum atomic E-state index is -0.284. The molecule has 3 aromatic carbocycles. The molecule has 0 bridgehead atoms. The molecule has 0 radical (unpaired) electrons. The van der Waals surface area contributed by atoms with Crippen LogP contribution in [0.5, 0.6) is 5.75 Å². The lowest BCUT2D eigenvalue weighted by atomic mass is 10.2. The average Bonchev–Trinajstić information content (AvgIpc) is 2.67. The Morgan fingerprint density at radius 1 is 0.964 bits per heavy atom. The highest BCUT2D eigenvalue weighted by molar-refractivity contribution is 6.36. The van der Waals surface area contributed by atoms with E-state index in [1.165, 1.54) is 12.1 Å². The normalized spacial score (nSPS) is 11.0. The second-order valence-corrected chi connectivity index (χ2v) is 7.14. The maximum atomic E-state index is 13.0. The summed E-state index contributed by atoms with van der Waals surface area (Å²) < 4.78 is 18.8. The minimum absolute atomic E-state index is 0.284. The van der Waals surface area contributed by atoms with E-state index in [4.69, 9.17) is 39.5 Å². The third kappa shape index (κ3) is 5.61. The van der Waals surface area contributed by atoms with Gasteiger partial charge in [-0.15, -0.1) is 0 Å². The van der Waals surface area contributed by atoms with Crippen molar-refractivity contribution in [1.29, 1.82) is 0 Å². The molecule has 0 unspecified atom stereocenters. The molecule has 0 fully saturated rings. The van der Waals surface area contributed by atoms with E-state index in [9.17, 15) is 4.39 Å². The van der Waals surface area contributed by atoms with Gasteiger partial charge in [0.05, 0.1) is 12.8 Å². The summed E-state index contributed by atoms with van der Waals surface area (Å²) in [7, 11) is 0. The Morgan fingerprint density at radius 3 is 2.39 bits per heavy atom. The summed E-state index contributed by atoms with van der Waals surface area (Å²) in [4.78, 5) is 0. The summed E-state index contributed by atoms with van der Waals surface area (Å²) >= 11 is 18.4. The second kappa shape index (κ2) is 9.78. The fourth-order valence-electron chi connectivity index (χ4n) is 2.43. The average molecular weight is 438 g/mol. The van der Waals surface area contributed by atoms with Crippen molar-refractivity contribution in [2.24, 2.45) is 5.10 Å². The number of hydrogen-bond acceptors (Lipinski definition) is 3. The highest BCUT2D eigenvalue weighted by atomic mass is 35.5. The summed E-state index contributed by atoms with van der Waals surface area (Å²) in [5.74, 6) is 0.322. The predicted octanol–water partition coefficient (Wildman–Crippen LogP) is 6.49. The summed E-state index contributed by atoms with van der Waals surface area (Å²) in [5.41, 5.74) is 5.24. The Morgan fingerprint density at radius 2 is 1.68 bits per heavy atom. The lowest BCUT2D eigenvalue weighted by molar-refractivity contribution is 0.305. The number of nitrogens with zero attached hydrogens (tertiary/aromatic N) is 1. The molecule has 0 saturated carbocycles. The zero-order valence-electron chi connectivity index (χ0n) is 14.6. The third-order valence-corrected chi connectivity index (χ3v) is 4.84. The van der Waals surface area contributed by atoms with Gasteiger partial charge in [0.25, 0.3) is 0 Å². The molecule has 0 heterocycles. The highest BCUT2D eigenvalue weighted by Gasteiger charge is 2.06. The molecule has 7 heteroatoms. The number of ether oxygens (including phenoxy) is 1. The number of benzene rings is 3. The molecule has 3 nitrogen and oxygen atoms in total. The van der Waals surface area contributed by atoms with Crippen molar-refractivity contribution in [3.8, 4) is 5.75 Å². The van der Waals surface area contributed by atoms with Crippen LogP contribution in [0.25, 0.3) is 0 Å². The molecule has 3 rings (SSSR count). The van der Waals surface area contributed by atoms with Gasteiger partial charge in [-0.2, -0.15) is 5.10 Å². The lowest BCUT2D eigenvalue weighted by Crippen LogP contribution is -2.07. The van der Waals surface area contributed by atoms with Gasteiger partial charge >= 0.3 is 0 Å². The Hall–Kier alpha value is -2.27. The van der Waals surface area contributed by atoms with Gasteiger partial charge in [-0.1, -0.05) is 53.0 Å². The van der Waals surface area contributed by atoms with Gasteiger partial charge in [-0.3, -0.25) is 0 Å². The van der Waals surface area contributed by atoms with Gasteiger partial charge in [-0.05, 0) is 48.0 Å². The molecular formula is C21H16Cl3FN2O. The van der Waals surface area contributed by atoms with Crippen LogP contribution in [0.15, 0.2) is 65.8 Å². The molecule has 28 heavy (non-hydrogen) atoms. The van der Waals surface area contributed by atoms with E-state index in [1.807, 2.05) is 0 Å². The van der Waals surface area contributed by atoms with E-state index in [0.29, 0.717) is 39.5 Å². The van der Waals surface area contributed by atoms with E-state index in [1.54, 1.807) is 54.7 Å². The first kappa shape index (κ1) is 20.5. The first-order valence-electron chi connectivity index (χ1n) is 8.38. The molecular weight excluding hydrogens is 422 g/mol. The first-order valence-corrected chi connectivity index (χ1v) is 9.52. The summed E-state index contributed by atoms with van der Waals surface area (Å²) in [6.07, 6.45) is 1.61. The Balaban J connectivity index is 1.66. The summed E-state index contributed by atoms with van der Waals surface area (Å²) in [6.45, 7) is 0.673. The van der Waals surface area contributed by atoms with Gasteiger partial charge in [0.2, 0.25) is 0 Å². The number of halogens is 4. The van der Waals surface area contributed by atoms with E-state index >= 15 is 0 Å². The minimum Gasteiger partial charge on any atom is -0.488 e. The van der Waals surface area contributed by atoms with Crippen LogP contribution < -0.4 is 10.2 Å². The molecule has 3 aromatic rings. The van der Waals surface area contributed by atoms with Crippen molar-refractivity contribution in [3.05, 3.63) is 98.2 Å². The van der Waals surface area contributed by atoms with Crippen LogP contribution in [-0.2, 0) is 13.2 Å². The molecule has 0 saturated heterocycles. The van der Waals surface area contributed by atoms with Crippen LogP contribution >= 0.6 is 34.8 Å². The maximum absolute atomic E-state index is 13.0. The van der Waals surface area contributed by atoms with E-state index in [0.717, 1.165) is 11.1 Å². The van der Waals surface area contributed by atoms with E-state index in [2.05, 4.69) is 10.5 Å². The number of hydrazone groups is 1. The van der Waals surface area contributed by atoms with Crippen molar-refractivity contribution < 1.29 is 9.13 Å². The fourth-order valence-corrected chi connectivity index (χ4v) is 3.15. The van der Waals surface area contributed by atoms with Crippen molar-refractivity contribution in [2.45, 2.75) is 13.2 Å². The second-order valence-electron chi connectivity index (χ2n) is 5.89. The fraction of sp³-hybridized carbons (Fsp3) is 0.0952. The SMILES string of the molecule is Fc1ccc(COc2ccc(Cl)cc2/C=N\NCc2c(Cl)cccc2Cl)cc1. The quantitative estimate of drug-likeness (QED) is 0.338.